The van der Waals surface area contributed by atoms with E-state index in [1.807, 2.05) is 0 Å². The molecule has 3 aliphatic rings. The molecule has 4 nitrogen and oxygen atoms in total. The minimum atomic E-state index is 0.765. The van der Waals surface area contributed by atoms with E-state index in [0.717, 1.165) is 49.6 Å². The lowest BCUT2D eigenvalue weighted by Gasteiger charge is -2.40. The van der Waals surface area contributed by atoms with Crippen LogP contribution in [0.2, 0.25) is 0 Å². The first-order chi connectivity index (χ1) is 10.3. The summed E-state index contributed by atoms with van der Waals surface area (Å²) in [6.07, 6.45) is 10.1. The van der Waals surface area contributed by atoms with E-state index in [9.17, 15) is 0 Å². The number of nitrogens with zero attached hydrogens (tertiary/aromatic N) is 1. The summed E-state index contributed by atoms with van der Waals surface area (Å²) in [5, 5.41) is 7.17. The van der Waals surface area contributed by atoms with Crippen molar-refractivity contribution in [1.29, 1.82) is 0 Å². The number of rotatable bonds is 5. The fraction of sp³-hybridized carbons (Fsp3) is 1.00. The first-order valence-corrected chi connectivity index (χ1v) is 9.12. The van der Waals surface area contributed by atoms with Gasteiger partial charge in [0, 0.05) is 31.8 Å². The van der Waals surface area contributed by atoms with Crippen LogP contribution in [0.15, 0.2) is 0 Å². The topological polar surface area (TPSA) is 53.3 Å². The Morgan fingerprint density at radius 3 is 2.62 bits per heavy atom. The van der Waals surface area contributed by atoms with E-state index in [1.54, 1.807) is 0 Å². The van der Waals surface area contributed by atoms with Gasteiger partial charge in [0.15, 0.2) is 0 Å². The van der Waals surface area contributed by atoms with Crippen LogP contribution >= 0.6 is 0 Å². The zero-order valence-corrected chi connectivity index (χ0v) is 13.7. The molecule has 4 N–H and O–H groups in total. The number of likely N-dealkylation sites (N-methyl/N-ethyl adjacent to an activating group) is 1. The monoisotopic (exact) mass is 294 g/mol. The molecular weight excluding hydrogens is 260 g/mol. The summed E-state index contributed by atoms with van der Waals surface area (Å²) < 4.78 is 0. The van der Waals surface area contributed by atoms with Gasteiger partial charge < -0.3 is 11.1 Å². The predicted molar refractivity (Wildman–Crippen MR) is 88.1 cm³/mol. The van der Waals surface area contributed by atoms with E-state index in [1.165, 1.54) is 51.5 Å². The number of fused-ring (bicyclic) bond motifs is 1. The summed E-state index contributed by atoms with van der Waals surface area (Å²) in [6, 6.07) is 1.59. The fourth-order valence-electron chi connectivity index (χ4n) is 4.98. The summed E-state index contributed by atoms with van der Waals surface area (Å²) in [6.45, 7) is 4.03. The molecule has 0 aromatic heterocycles. The fourth-order valence-corrected chi connectivity index (χ4v) is 4.98. The lowest BCUT2D eigenvalue weighted by Crippen LogP contribution is -2.42. The third kappa shape index (κ3) is 3.79. The molecule has 0 bridgehead atoms. The molecule has 3 fully saturated rings. The quantitative estimate of drug-likeness (QED) is 0.671. The first kappa shape index (κ1) is 15.7. The molecule has 1 heterocycles. The van der Waals surface area contributed by atoms with Gasteiger partial charge in [0.05, 0.1) is 0 Å². The Balaban J connectivity index is 1.42. The summed E-state index contributed by atoms with van der Waals surface area (Å²) >= 11 is 0. The molecule has 21 heavy (non-hydrogen) atoms. The first-order valence-electron chi connectivity index (χ1n) is 9.12. The van der Waals surface area contributed by atoms with Crippen molar-refractivity contribution in [3.63, 3.8) is 0 Å². The van der Waals surface area contributed by atoms with Gasteiger partial charge in [-0.05, 0) is 76.3 Å². The minimum Gasteiger partial charge on any atom is -0.329 e. The SMILES string of the molecule is CN1CNC2CCC(C3CCC(CNCCN)CC3)CC21. The average molecular weight is 294 g/mol. The number of hydrogen-bond donors (Lipinski definition) is 3. The minimum absolute atomic E-state index is 0.765. The molecule has 122 valence electrons. The smallest absolute Gasteiger partial charge is 0.0483 e. The highest BCUT2D eigenvalue weighted by atomic mass is 15.3. The van der Waals surface area contributed by atoms with Crippen molar-refractivity contribution in [2.24, 2.45) is 23.5 Å². The second-order valence-electron chi connectivity index (χ2n) is 7.64. The molecule has 0 aromatic carbocycles. The molecule has 4 heteroatoms. The maximum atomic E-state index is 5.55. The maximum absolute atomic E-state index is 5.55. The van der Waals surface area contributed by atoms with E-state index in [4.69, 9.17) is 5.73 Å². The maximum Gasteiger partial charge on any atom is 0.0483 e. The Labute approximate surface area is 130 Å². The van der Waals surface area contributed by atoms with Gasteiger partial charge in [0.1, 0.15) is 0 Å². The van der Waals surface area contributed by atoms with Gasteiger partial charge in [-0.25, -0.2) is 0 Å². The van der Waals surface area contributed by atoms with Crippen LogP contribution in [-0.2, 0) is 0 Å². The lowest BCUT2D eigenvalue weighted by molar-refractivity contribution is 0.120. The number of nitrogens with one attached hydrogen (secondary N) is 2. The lowest BCUT2D eigenvalue weighted by atomic mass is 9.69. The van der Waals surface area contributed by atoms with Crippen molar-refractivity contribution >= 4 is 0 Å². The van der Waals surface area contributed by atoms with Crippen molar-refractivity contribution in [2.75, 3.05) is 33.4 Å². The Bertz CT molecular complexity index is 314. The van der Waals surface area contributed by atoms with Crippen LogP contribution in [0.5, 0.6) is 0 Å². The second kappa shape index (κ2) is 7.40. The summed E-state index contributed by atoms with van der Waals surface area (Å²) in [5.74, 6) is 2.90. The Morgan fingerprint density at radius 2 is 1.86 bits per heavy atom. The second-order valence-corrected chi connectivity index (χ2v) is 7.64. The van der Waals surface area contributed by atoms with Gasteiger partial charge in [-0.2, -0.15) is 0 Å². The predicted octanol–water partition coefficient (Wildman–Crippen LogP) is 1.37. The van der Waals surface area contributed by atoms with Crippen LogP contribution in [0.1, 0.15) is 44.9 Å². The largest absolute Gasteiger partial charge is 0.329 e. The Hall–Kier alpha value is -0.160. The zero-order chi connectivity index (χ0) is 14.7. The summed E-state index contributed by atoms with van der Waals surface area (Å²) in [5.41, 5.74) is 5.55. The van der Waals surface area contributed by atoms with Crippen LogP contribution in [0, 0.1) is 17.8 Å². The Kier molecular flexibility index (Phi) is 5.54. The van der Waals surface area contributed by atoms with Crippen molar-refractivity contribution in [2.45, 2.75) is 57.0 Å². The number of hydrogen-bond acceptors (Lipinski definition) is 4. The van der Waals surface area contributed by atoms with Gasteiger partial charge in [-0.3, -0.25) is 10.2 Å². The third-order valence-electron chi connectivity index (χ3n) is 6.34. The van der Waals surface area contributed by atoms with Crippen LogP contribution in [-0.4, -0.2) is 50.3 Å². The molecule has 0 aromatic rings. The Morgan fingerprint density at radius 1 is 1.10 bits per heavy atom. The van der Waals surface area contributed by atoms with E-state index >= 15 is 0 Å². The molecule has 2 aliphatic carbocycles. The summed E-state index contributed by atoms with van der Waals surface area (Å²) in [7, 11) is 2.29. The highest BCUT2D eigenvalue weighted by molar-refractivity contribution is 4.96. The molecule has 0 radical (unpaired) electrons. The van der Waals surface area contributed by atoms with E-state index in [0.29, 0.717) is 0 Å². The van der Waals surface area contributed by atoms with Gasteiger partial charge in [0.2, 0.25) is 0 Å². The molecule has 1 saturated heterocycles. The normalized spacial score (nSPS) is 41.1. The molecule has 2 saturated carbocycles. The molecule has 3 atom stereocenters. The van der Waals surface area contributed by atoms with Gasteiger partial charge >= 0.3 is 0 Å². The van der Waals surface area contributed by atoms with Gasteiger partial charge in [-0.1, -0.05) is 0 Å². The van der Waals surface area contributed by atoms with E-state index < -0.39 is 0 Å². The molecule has 3 unspecified atom stereocenters. The number of nitrogens with two attached hydrogens (primary N) is 1. The van der Waals surface area contributed by atoms with Gasteiger partial charge in [-0.15, -0.1) is 0 Å². The molecule has 3 rings (SSSR count). The van der Waals surface area contributed by atoms with Crippen molar-refractivity contribution < 1.29 is 0 Å². The van der Waals surface area contributed by atoms with Crippen LogP contribution < -0.4 is 16.4 Å². The standard InChI is InChI=1S/C17H34N4/c1-21-12-20-16-7-6-15(10-17(16)21)14-4-2-13(3-5-14)11-19-9-8-18/h13-17,19-20H,2-12,18H2,1H3. The van der Waals surface area contributed by atoms with E-state index in [-0.39, 0.29) is 0 Å². The van der Waals surface area contributed by atoms with Crippen LogP contribution in [0.3, 0.4) is 0 Å². The molecule has 0 amide bonds. The summed E-state index contributed by atoms with van der Waals surface area (Å²) in [4.78, 5) is 2.54. The third-order valence-corrected chi connectivity index (χ3v) is 6.34. The van der Waals surface area contributed by atoms with Crippen molar-refractivity contribution in [1.82, 2.24) is 15.5 Å². The van der Waals surface area contributed by atoms with Crippen molar-refractivity contribution in [3.8, 4) is 0 Å². The molecular formula is C17H34N4. The highest BCUT2D eigenvalue weighted by Gasteiger charge is 2.39. The van der Waals surface area contributed by atoms with Crippen LogP contribution in [0.4, 0.5) is 0 Å². The van der Waals surface area contributed by atoms with Gasteiger partial charge in [0.25, 0.3) is 0 Å². The van der Waals surface area contributed by atoms with E-state index in [2.05, 4.69) is 22.6 Å². The molecule has 1 aliphatic heterocycles. The van der Waals surface area contributed by atoms with Crippen molar-refractivity contribution in [3.05, 3.63) is 0 Å². The van der Waals surface area contributed by atoms with Crippen LogP contribution in [0.25, 0.3) is 0 Å². The zero-order valence-electron chi connectivity index (χ0n) is 13.7. The average Bonchev–Trinajstić information content (AvgIpc) is 2.89. The molecule has 0 spiro atoms. The highest BCUT2D eigenvalue weighted by Crippen LogP contribution is 2.41.